The summed E-state index contributed by atoms with van der Waals surface area (Å²) in [5.41, 5.74) is 1.23. The van der Waals surface area contributed by atoms with Crippen LogP contribution in [-0.4, -0.2) is 31.3 Å². The van der Waals surface area contributed by atoms with Crippen LogP contribution in [0.4, 0.5) is 0 Å². The van der Waals surface area contributed by atoms with Crippen molar-refractivity contribution in [2.75, 3.05) is 13.2 Å². The number of rotatable bonds is 10. The van der Waals surface area contributed by atoms with Gasteiger partial charge >= 0.3 is 8.80 Å². The van der Waals surface area contributed by atoms with E-state index in [1.807, 2.05) is 18.2 Å². The van der Waals surface area contributed by atoms with Gasteiger partial charge in [0.15, 0.2) is 0 Å². The Morgan fingerprint density at radius 2 is 1.61 bits per heavy atom. The highest BCUT2D eigenvalue weighted by Gasteiger charge is 2.14. The molecule has 1 rings (SSSR count). The molecular formula is C13H24O3Si2. The molecule has 0 amide bonds. The molecule has 0 bridgehead atoms. The molecule has 1 aromatic carbocycles. The van der Waals surface area contributed by atoms with Gasteiger partial charge in [-0.3, -0.25) is 0 Å². The SMILES string of the molecule is CCCO[SiH](OCCC)[SiH2]OCc1ccccc1. The fraction of sp³-hybridized carbons (Fsp3) is 0.538. The van der Waals surface area contributed by atoms with Crippen molar-refractivity contribution in [3.8, 4) is 0 Å². The van der Waals surface area contributed by atoms with Gasteiger partial charge in [0, 0.05) is 13.2 Å². The maximum Gasteiger partial charge on any atom is 0.325 e. The molecule has 0 saturated heterocycles. The van der Waals surface area contributed by atoms with Crippen LogP contribution in [0.5, 0.6) is 0 Å². The first-order valence-electron chi connectivity index (χ1n) is 6.71. The molecule has 0 heterocycles. The Balaban J connectivity index is 2.23. The van der Waals surface area contributed by atoms with Crippen LogP contribution in [0.2, 0.25) is 0 Å². The molecule has 0 N–H and O–H groups in total. The van der Waals surface area contributed by atoms with Gasteiger partial charge in [-0.05, 0) is 18.4 Å². The second kappa shape index (κ2) is 10.5. The summed E-state index contributed by atoms with van der Waals surface area (Å²) in [6.07, 6.45) is 2.10. The monoisotopic (exact) mass is 284 g/mol. The maximum absolute atomic E-state index is 5.83. The van der Waals surface area contributed by atoms with E-state index in [0.717, 1.165) is 26.1 Å². The van der Waals surface area contributed by atoms with Gasteiger partial charge in [-0.25, -0.2) is 0 Å². The smallest absolute Gasteiger partial charge is 0.325 e. The molecule has 0 aliphatic carbocycles. The van der Waals surface area contributed by atoms with Gasteiger partial charge in [0.1, 0.15) is 0 Å². The Labute approximate surface area is 114 Å². The van der Waals surface area contributed by atoms with E-state index in [1.54, 1.807) is 0 Å². The number of benzene rings is 1. The van der Waals surface area contributed by atoms with Crippen molar-refractivity contribution in [2.24, 2.45) is 0 Å². The first kappa shape index (κ1) is 15.6. The quantitative estimate of drug-likeness (QED) is 0.614. The van der Waals surface area contributed by atoms with Crippen molar-refractivity contribution in [3.05, 3.63) is 35.9 Å². The van der Waals surface area contributed by atoms with Crippen LogP contribution < -0.4 is 0 Å². The molecule has 0 atom stereocenters. The van der Waals surface area contributed by atoms with Crippen LogP contribution in [0.3, 0.4) is 0 Å². The van der Waals surface area contributed by atoms with Gasteiger partial charge in [0.25, 0.3) is 0 Å². The lowest BCUT2D eigenvalue weighted by molar-refractivity contribution is 0.204. The van der Waals surface area contributed by atoms with E-state index in [1.165, 1.54) is 5.56 Å². The van der Waals surface area contributed by atoms with Crippen LogP contribution >= 0.6 is 0 Å². The van der Waals surface area contributed by atoms with Crippen LogP contribution in [-0.2, 0) is 19.9 Å². The molecule has 102 valence electrons. The third kappa shape index (κ3) is 7.08. The lowest BCUT2D eigenvalue weighted by atomic mass is 10.2. The summed E-state index contributed by atoms with van der Waals surface area (Å²) in [7, 11) is -2.16. The average Bonchev–Trinajstić information content (AvgIpc) is 2.42. The van der Waals surface area contributed by atoms with Gasteiger partial charge in [-0.15, -0.1) is 0 Å². The van der Waals surface area contributed by atoms with Crippen molar-refractivity contribution in [2.45, 2.75) is 33.3 Å². The second-order valence-corrected chi connectivity index (χ2v) is 9.44. The Morgan fingerprint density at radius 3 is 2.17 bits per heavy atom. The van der Waals surface area contributed by atoms with E-state index in [0.29, 0.717) is 6.61 Å². The third-order valence-electron chi connectivity index (χ3n) is 2.38. The van der Waals surface area contributed by atoms with Crippen LogP contribution in [0.1, 0.15) is 32.3 Å². The lowest BCUT2D eigenvalue weighted by Crippen LogP contribution is -2.33. The van der Waals surface area contributed by atoms with Gasteiger partial charge in [-0.1, -0.05) is 44.2 Å². The second-order valence-electron chi connectivity index (χ2n) is 4.17. The molecule has 0 spiro atoms. The van der Waals surface area contributed by atoms with E-state index in [2.05, 4.69) is 26.0 Å². The molecule has 18 heavy (non-hydrogen) atoms. The van der Waals surface area contributed by atoms with Crippen molar-refractivity contribution in [1.29, 1.82) is 0 Å². The summed E-state index contributed by atoms with van der Waals surface area (Å²) in [4.78, 5) is 0. The Morgan fingerprint density at radius 1 is 1.00 bits per heavy atom. The number of hydrogen-bond acceptors (Lipinski definition) is 3. The highest BCUT2D eigenvalue weighted by Crippen LogP contribution is 2.01. The fourth-order valence-electron chi connectivity index (χ4n) is 1.49. The van der Waals surface area contributed by atoms with E-state index in [4.69, 9.17) is 13.3 Å². The van der Waals surface area contributed by atoms with Crippen LogP contribution in [0, 0.1) is 0 Å². The van der Waals surface area contributed by atoms with Crippen molar-refractivity contribution >= 4 is 18.1 Å². The molecule has 3 nitrogen and oxygen atoms in total. The summed E-state index contributed by atoms with van der Waals surface area (Å²) in [5.74, 6) is 0. The summed E-state index contributed by atoms with van der Waals surface area (Å²) < 4.78 is 17.4. The van der Waals surface area contributed by atoms with Gasteiger partial charge in [0.05, 0.1) is 6.61 Å². The normalized spacial score (nSPS) is 11.7. The molecule has 0 aliphatic rings. The molecule has 1 aromatic rings. The average molecular weight is 285 g/mol. The van der Waals surface area contributed by atoms with E-state index >= 15 is 0 Å². The molecule has 0 radical (unpaired) electrons. The zero-order valence-electron chi connectivity index (χ0n) is 11.4. The fourth-order valence-corrected chi connectivity index (χ4v) is 5.83. The zero-order chi connectivity index (χ0) is 13.1. The van der Waals surface area contributed by atoms with Crippen molar-refractivity contribution in [3.63, 3.8) is 0 Å². The minimum atomic E-state index is -1.49. The van der Waals surface area contributed by atoms with Crippen molar-refractivity contribution < 1.29 is 13.3 Å². The van der Waals surface area contributed by atoms with Crippen LogP contribution in [0.25, 0.3) is 0 Å². The zero-order valence-corrected chi connectivity index (χ0v) is 14.0. The predicted octanol–water partition coefficient (Wildman–Crippen LogP) is 1.86. The van der Waals surface area contributed by atoms with Gasteiger partial charge in [-0.2, -0.15) is 0 Å². The minimum Gasteiger partial charge on any atom is -0.417 e. The van der Waals surface area contributed by atoms with E-state index in [-0.39, 0.29) is 0 Å². The largest absolute Gasteiger partial charge is 0.417 e. The summed E-state index contributed by atoms with van der Waals surface area (Å²) in [5, 5.41) is 0. The Hall–Kier alpha value is -0.466. The van der Waals surface area contributed by atoms with Crippen molar-refractivity contribution in [1.82, 2.24) is 0 Å². The Kier molecular flexibility index (Phi) is 9.06. The summed E-state index contributed by atoms with van der Waals surface area (Å²) in [6, 6.07) is 10.3. The van der Waals surface area contributed by atoms with E-state index in [9.17, 15) is 0 Å². The van der Waals surface area contributed by atoms with Crippen LogP contribution in [0.15, 0.2) is 30.3 Å². The first-order valence-corrected chi connectivity index (χ1v) is 11.5. The molecule has 0 aromatic heterocycles. The topological polar surface area (TPSA) is 27.7 Å². The lowest BCUT2D eigenvalue weighted by Gasteiger charge is -2.15. The highest BCUT2D eigenvalue weighted by atomic mass is 29.2. The molecular weight excluding hydrogens is 260 g/mol. The van der Waals surface area contributed by atoms with Gasteiger partial charge in [0.2, 0.25) is 9.28 Å². The molecule has 5 heteroatoms. The minimum absolute atomic E-state index is 0.665. The van der Waals surface area contributed by atoms with Gasteiger partial charge < -0.3 is 13.3 Å². The molecule has 0 unspecified atom stereocenters. The highest BCUT2D eigenvalue weighted by molar-refractivity contribution is 7.02. The van der Waals surface area contributed by atoms with E-state index < -0.39 is 18.1 Å². The third-order valence-corrected chi connectivity index (χ3v) is 7.25. The molecule has 0 fully saturated rings. The molecule has 0 aliphatic heterocycles. The standard InChI is InChI=1S/C13H24O3Si2/c1-3-10-15-18(16-11-4-2)17-14-12-13-8-6-5-7-9-13/h5-9,18H,3-4,10-12,17H2,1-2H3. The molecule has 0 saturated carbocycles. The first-order chi connectivity index (χ1) is 8.86. The predicted molar refractivity (Wildman–Crippen MR) is 79.4 cm³/mol. The summed E-state index contributed by atoms with van der Waals surface area (Å²) in [6.45, 7) is 6.56. The Bertz CT molecular complexity index is 288. The number of hydrogen-bond donors (Lipinski definition) is 0. The maximum atomic E-state index is 5.83. The summed E-state index contributed by atoms with van der Waals surface area (Å²) >= 11 is 0.